The zero-order chi connectivity index (χ0) is 16.0. The van der Waals surface area contributed by atoms with Crippen LogP contribution in [0.2, 0.25) is 0 Å². The second-order valence-corrected chi connectivity index (χ2v) is 4.61. The SMILES string of the molecule is CCNC(C)(CCOc1c(F)cccc1[N+](=O)[O-])C(=O)O. The maximum Gasteiger partial charge on any atom is 0.323 e. The number of nitrogens with zero attached hydrogens (tertiary/aromatic N) is 1. The molecular formula is C13H17FN2O5. The Morgan fingerprint density at radius 1 is 1.57 bits per heavy atom. The normalized spacial score (nSPS) is 13.5. The lowest BCUT2D eigenvalue weighted by atomic mass is 9.98. The number of ether oxygens (including phenoxy) is 1. The molecular weight excluding hydrogens is 283 g/mol. The molecule has 1 aromatic carbocycles. The number of carboxylic acid groups (broad SMARTS) is 1. The fraction of sp³-hybridized carbons (Fsp3) is 0.462. The number of nitro benzene ring substituents is 1. The molecule has 0 fully saturated rings. The number of nitrogens with one attached hydrogen (secondary N) is 1. The molecule has 116 valence electrons. The van der Waals surface area contributed by atoms with Gasteiger partial charge in [0, 0.05) is 12.5 Å². The number of hydrogen-bond donors (Lipinski definition) is 2. The van der Waals surface area contributed by atoms with Gasteiger partial charge in [-0.2, -0.15) is 0 Å². The van der Waals surface area contributed by atoms with Gasteiger partial charge in [-0.15, -0.1) is 0 Å². The van der Waals surface area contributed by atoms with E-state index in [4.69, 9.17) is 9.84 Å². The monoisotopic (exact) mass is 300 g/mol. The number of likely N-dealkylation sites (N-methyl/N-ethyl adjacent to an activating group) is 1. The van der Waals surface area contributed by atoms with Crippen LogP contribution in [0, 0.1) is 15.9 Å². The van der Waals surface area contributed by atoms with E-state index in [1.165, 1.54) is 13.0 Å². The number of hydrogen-bond acceptors (Lipinski definition) is 5. The third-order valence-corrected chi connectivity index (χ3v) is 3.03. The van der Waals surface area contributed by atoms with Crippen LogP contribution in [0.25, 0.3) is 0 Å². The van der Waals surface area contributed by atoms with Crippen molar-refractivity contribution >= 4 is 11.7 Å². The highest BCUT2D eigenvalue weighted by atomic mass is 19.1. The Kier molecular flexibility index (Phi) is 5.60. The molecule has 0 aliphatic carbocycles. The minimum Gasteiger partial charge on any atom is -0.485 e. The number of nitro groups is 1. The summed E-state index contributed by atoms with van der Waals surface area (Å²) in [5.74, 6) is -2.41. The van der Waals surface area contributed by atoms with Crippen molar-refractivity contribution in [2.24, 2.45) is 0 Å². The Morgan fingerprint density at radius 2 is 2.24 bits per heavy atom. The van der Waals surface area contributed by atoms with E-state index in [9.17, 15) is 19.3 Å². The van der Waals surface area contributed by atoms with Gasteiger partial charge in [0.25, 0.3) is 0 Å². The van der Waals surface area contributed by atoms with Gasteiger partial charge in [0.2, 0.25) is 5.75 Å². The lowest BCUT2D eigenvalue weighted by Crippen LogP contribution is -2.50. The zero-order valence-corrected chi connectivity index (χ0v) is 11.8. The second-order valence-electron chi connectivity index (χ2n) is 4.61. The highest BCUT2D eigenvalue weighted by Gasteiger charge is 2.32. The smallest absolute Gasteiger partial charge is 0.323 e. The van der Waals surface area contributed by atoms with Crippen LogP contribution < -0.4 is 10.1 Å². The van der Waals surface area contributed by atoms with Gasteiger partial charge < -0.3 is 15.2 Å². The Morgan fingerprint density at radius 3 is 2.76 bits per heavy atom. The average molecular weight is 300 g/mol. The summed E-state index contributed by atoms with van der Waals surface area (Å²) in [5, 5.41) is 22.7. The van der Waals surface area contributed by atoms with Crippen molar-refractivity contribution in [2.75, 3.05) is 13.2 Å². The lowest BCUT2D eigenvalue weighted by molar-refractivity contribution is -0.386. The number of rotatable bonds is 8. The summed E-state index contributed by atoms with van der Waals surface area (Å²) in [5.41, 5.74) is -1.73. The molecule has 0 saturated carbocycles. The van der Waals surface area contributed by atoms with Crippen LogP contribution in [0.1, 0.15) is 20.3 Å². The second kappa shape index (κ2) is 6.98. The third kappa shape index (κ3) is 4.12. The Hall–Kier alpha value is -2.22. The van der Waals surface area contributed by atoms with E-state index in [0.29, 0.717) is 6.54 Å². The van der Waals surface area contributed by atoms with Gasteiger partial charge in [-0.25, -0.2) is 4.39 Å². The summed E-state index contributed by atoms with van der Waals surface area (Å²) in [6.07, 6.45) is 0.0294. The molecule has 21 heavy (non-hydrogen) atoms. The van der Waals surface area contributed by atoms with E-state index < -0.39 is 33.7 Å². The van der Waals surface area contributed by atoms with Crippen LogP contribution in [0.4, 0.5) is 10.1 Å². The van der Waals surface area contributed by atoms with Gasteiger partial charge in [0.05, 0.1) is 11.5 Å². The molecule has 0 amide bonds. The predicted octanol–water partition coefficient (Wildman–Crippen LogP) is 1.96. The maximum absolute atomic E-state index is 13.6. The van der Waals surface area contributed by atoms with Crippen LogP contribution in [-0.2, 0) is 4.79 Å². The maximum atomic E-state index is 13.6. The summed E-state index contributed by atoms with van der Waals surface area (Å²) in [6.45, 7) is 3.49. The first-order chi connectivity index (χ1) is 9.81. The topological polar surface area (TPSA) is 102 Å². The van der Waals surface area contributed by atoms with Crippen molar-refractivity contribution in [3.63, 3.8) is 0 Å². The third-order valence-electron chi connectivity index (χ3n) is 3.03. The molecule has 0 aliphatic heterocycles. The summed E-state index contributed by atoms with van der Waals surface area (Å²) in [4.78, 5) is 21.2. The zero-order valence-electron chi connectivity index (χ0n) is 11.8. The van der Waals surface area contributed by atoms with E-state index in [2.05, 4.69) is 5.32 Å². The summed E-state index contributed by atoms with van der Waals surface area (Å²) >= 11 is 0. The van der Waals surface area contributed by atoms with Gasteiger partial charge >= 0.3 is 11.7 Å². The fourth-order valence-corrected chi connectivity index (χ4v) is 1.80. The van der Waals surface area contributed by atoms with E-state index in [1.54, 1.807) is 6.92 Å². The summed E-state index contributed by atoms with van der Waals surface area (Å²) < 4.78 is 18.7. The molecule has 2 N–H and O–H groups in total. The molecule has 7 nitrogen and oxygen atoms in total. The molecule has 1 aromatic rings. The number of halogens is 1. The molecule has 0 heterocycles. The molecule has 0 saturated heterocycles. The van der Waals surface area contributed by atoms with Crippen molar-refractivity contribution < 1.29 is 24.0 Å². The number of carbonyl (C=O) groups is 1. The molecule has 1 unspecified atom stereocenters. The van der Waals surface area contributed by atoms with E-state index in [1.807, 2.05) is 0 Å². The van der Waals surface area contributed by atoms with E-state index >= 15 is 0 Å². The van der Waals surface area contributed by atoms with Crippen LogP contribution >= 0.6 is 0 Å². The van der Waals surface area contributed by atoms with Crippen molar-refractivity contribution in [2.45, 2.75) is 25.8 Å². The minimum atomic E-state index is -1.24. The van der Waals surface area contributed by atoms with Crippen LogP contribution in [0.15, 0.2) is 18.2 Å². The Balaban J connectivity index is 2.80. The average Bonchev–Trinajstić information content (AvgIpc) is 2.40. The molecule has 0 aliphatic rings. The number of aliphatic carboxylic acids is 1. The van der Waals surface area contributed by atoms with Gasteiger partial charge in [0.15, 0.2) is 5.82 Å². The van der Waals surface area contributed by atoms with Crippen molar-refractivity contribution in [1.82, 2.24) is 5.32 Å². The highest BCUT2D eigenvalue weighted by Crippen LogP contribution is 2.30. The summed E-state index contributed by atoms with van der Waals surface area (Å²) in [6, 6.07) is 3.38. The molecule has 0 spiro atoms. The predicted molar refractivity (Wildman–Crippen MR) is 72.9 cm³/mol. The highest BCUT2D eigenvalue weighted by molar-refractivity contribution is 5.78. The quantitative estimate of drug-likeness (QED) is 0.562. The molecule has 1 atom stereocenters. The molecule has 0 bridgehead atoms. The largest absolute Gasteiger partial charge is 0.485 e. The van der Waals surface area contributed by atoms with E-state index in [0.717, 1.165) is 12.1 Å². The number of benzene rings is 1. The first kappa shape index (κ1) is 16.8. The molecule has 0 aromatic heterocycles. The first-order valence-corrected chi connectivity index (χ1v) is 6.36. The summed E-state index contributed by atoms with van der Waals surface area (Å²) in [7, 11) is 0. The molecule has 8 heteroatoms. The van der Waals surface area contributed by atoms with Crippen LogP contribution in [-0.4, -0.2) is 34.7 Å². The van der Waals surface area contributed by atoms with Crippen molar-refractivity contribution in [1.29, 1.82) is 0 Å². The van der Waals surface area contributed by atoms with E-state index in [-0.39, 0.29) is 13.0 Å². The standard InChI is InChI=1S/C13H17FN2O5/c1-3-15-13(2,12(17)18)7-8-21-11-9(14)5-4-6-10(11)16(19)20/h4-6,15H,3,7-8H2,1-2H3,(H,17,18). The van der Waals surface area contributed by atoms with Gasteiger partial charge in [-0.3, -0.25) is 14.9 Å². The number of para-hydroxylation sites is 1. The Bertz CT molecular complexity index is 537. The van der Waals surface area contributed by atoms with Crippen LogP contribution in [0.5, 0.6) is 5.75 Å². The van der Waals surface area contributed by atoms with Crippen LogP contribution in [0.3, 0.4) is 0 Å². The molecule has 1 rings (SSSR count). The van der Waals surface area contributed by atoms with Gasteiger partial charge in [-0.1, -0.05) is 13.0 Å². The molecule has 0 radical (unpaired) electrons. The lowest BCUT2D eigenvalue weighted by Gasteiger charge is -2.25. The van der Waals surface area contributed by atoms with Gasteiger partial charge in [0.1, 0.15) is 5.54 Å². The van der Waals surface area contributed by atoms with Gasteiger partial charge in [-0.05, 0) is 19.5 Å². The number of carboxylic acids is 1. The Labute approximate surface area is 120 Å². The minimum absolute atomic E-state index is 0.0294. The van der Waals surface area contributed by atoms with Crippen molar-refractivity contribution in [3.8, 4) is 5.75 Å². The first-order valence-electron chi connectivity index (χ1n) is 6.36. The van der Waals surface area contributed by atoms with Crippen molar-refractivity contribution in [3.05, 3.63) is 34.1 Å². The fourth-order valence-electron chi connectivity index (χ4n) is 1.80.